The highest BCUT2D eigenvalue weighted by atomic mass is 14.3. The first-order valence-electron chi connectivity index (χ1n) is 36.9. The van der Waals surface area contributed by atoms with Crippen LogP contribution in [-0.4, -0.2) is 0 Å². The van der Waals surface area contributed by atoms with E-state index in [0.717, 1.165) is 38.5 Å². The van der Waals surface area contributed by atoms with Gasteiger partial charge in [0.05, 0.1) is 0 Å². The summed E-state index contributed by atoms with van der Waals surface area (Å²) in [7, 11) is 0. The lowest BCUT2D eigenvalue weighted by Crippen LogP contribution is -1.89. The summed E-state index contributed by atoms with van der Waals surface area (Å²) in [4.78, 5) is 0. The minimum absolute atomic E-state index is 1.10. The molecule has 102 heavy (non-hydrogen) atoms. The summed E-state index contributed by atoms with van der Waals surface area (Å²) in [6, 6.07) is 92.6. The van der Waals surface area contributed by atoms with Gasteiger partial charge in [0.1, 0.15) is 0 Å². The van der Waals surface area contributed by atoms with E-state index >= 15 is 0 Å². The van der Waals surface area contributed by atoms with Crippen molar-refractivity contribution >= 4 is 10.8 Å². The predicted octanol–water partition coefficient (Wildman–Crippen LogP) is 26.7. The fourth-order valence-electron chi connectivity index (χ4n) is 16.4. The molecule has 0 atom stereocenters. The fraction of sp³-hybridized carbons (Fsp3) is 0.196. The van der Waals surface area contributed by atoms with E-state index in [-0.39, 0.29) is 0 Å². The molecule has 0 spiro atoms. The highest BCUT2D eigenvalue weighted by Gasteiger charge is 2.25. The molecular formula is C102H96. The van der Waals surface area contributed by atoms with Gasteiger partial charge in [-0.05, 0) is 358 Å². The largest absolute Gasteiger partial charge is 0.0619 e. The molecule has 14 aromatic carbocycles. The summed E-state index contributed by atoms with van der Waals surface area (Å²) < 4.78 is 0. The molecule has 0 saturated carbocycles. The number of hydrogen-bond acceptors (Lipinski definition) is 0. The van der Waals surface area contributed by atoms with Crippen molar-refractivity contribution in [2.75, 3.05) is 0 Å². The molecule has 14 aromatic rings. The molecule has 0 amide bonds. The van der Waals surface area contributed by atoms with Gasteiger partial charge in [-0.3, -0.25) is 0 Å². The van der Waals surface area contributed by atoms with E-state index in [1.165, 1.54) is 222 Å². The Bertz CT molecular complexity index is 5240. The van der Waals surface area contributed by atoms with Crippen molar-refractivity contribution in [1.29, 1.82) is 0 Å². The predicted molar refractivity (Wildman–Crippen MR) is 438 cm³/mol. The van der Waals surface area contributed by atoms with E-state index in [1.54, 1.807) is 0 Å². The van der Waals surface area contributed by atoms with Crippen LogP contribution in [0.25, 0.3) is 77.5 Å². The molecule has 0 aliphatic heterocycles. The van der Waals surface area contributed by atoms with E-state index in [2.05, 4.69) is 352 Å². The van der Waals surface area contributed by atoms with Gasteiger partial charge in [-0.25, -0.2) is 0 Å². The zero-order valence-corrected chi connectivity index (χ0v) is 62.5. The molecule has 0 heteroatoms. The standard InChI is InChI=1S/6C15H14.C12H12/c2*1-10-7-13-9-12-5-3-4-6-14(12)15(13)8-11(10)2;2*1-10-7-8-13-9-12-5-3-4-6-14(12)15(13)11(10)2;2*1-10-7-8-14-13-6-4-3-5-12(13)9-15(14)11(10)2;1-9-7-8-11-5-3-4-6-12(11)10(9)2/h6*3-8H,9H2,1-2H3;3-8H,1-2H3. The van der Waals surface area contributed by atoms with Crippen LogP contribution >= 0.6 is 0 Å². The van der Waals surface area contributed by atoms with Crippen LogP contribution in [-0.2, 0) is 38.5 Å². The van der Waals surface area contributed by atoms with E-state index < -0.39 is 0 Å². The summed E-state index contributed by atoms with van der Waals surface area (Å²) in [5, 5.41) is 2.71. The molecule has 0 saturated heterocycles. The second-order valence-corrected chi connectivity index (χ2v) is 29.6. The average Bonchev–Trinajstić information content (AvgIpc) is 1.66. The Labute approximate surface area is 608 Å². The highest BCUT2D eigenvalue weighted by molar-refractivity contribution is 5.87. The summed E-state index contributed by atoms with van der Waals surface area (Å²) >= 11 is 0. The van der Waals surface area contributed by atoms with Crippen molar-refractivity contribution < 1.29 is 0 Å². The molecule has 20 rings (SSSR count). The molecule has 0 fully saturated rings. The van der Waals surface area contributed by atoms with Gasteiger partial charge in [-0.2, -0.15) is 0 Å². The lowest BCUT2D eigenvalue weighted by atomic mass is 9.97. The van der Waals surface area contributed by atoms with Crippen LogP contribution in [0, 0.1) is 96.9 Å². The summed E-state index contributed by atoms with van der Waals surface area (Å²) in [5.74, 6) is 0. The van der Waals surface area contributed by atoms with Crippen molar-refractivity contribution in [3.63, 3.8) is 0 Å². The maximum absolute atomic E-state index is 2.34. The third-order valence-corrected chi connectivity index (χ3v) is 23.4. The molecule has 0 unspecified atom stereocenters. The highest BCUT2D eigenvalue weighted by Crippen LogP contribution is 2.44. The van der Waals surface area contributed by atoms with Gasteiger partial charge in [-0.15, -0.1) is 0 Å². The summed E-state index contributed by atoms with van der Waals surface area (Å²) in [6.07, 6.45) is 6.64. The van der Waals surface area contributed by atoms with Crippen molar-refractivity contribution in [3.05, 3.63) is 399 Å². The zero-order chi connectivity index (χ0) is 71.0. The minimum Gasteiger partial charge on any atom is -0.0619 e. The van der Waals surface area contributed by atoms with Crippen molar-refractivity contribution in [3.8, 4) is 66.8 Å². The Balaban J connectivity index is 0.000000101. The van der Waals surface area contributed by atoms with Crippen LogP contribution in [0.5, 0.6) is 0 Å². The van der Waals surface area contributed by atoms with Crippen LogP contribution in [0.1, 0.15) is 145 Å². The SMILES string of the molecule is Cc1cc2c(cc1C)-c1ccccc1C2.Cc1cc2c(cc1C)-c1ccccc1C2.Cc1ccc2c(c1C)-c1ccccc1C2.Cc1ccc2c(c1C)-c1ccccc1C2.Cc1ccc2c(c1C)Cc1ccccc1-2.Cc1ccc2c(c1C)Cc1ccccc1-2.Cc1ccc2ccccc2c1C. The van der Waals surface area contributed by atoms with Gasteiger partial charge in [0, 0.05) is 0 Å². The topological polar surface area (TPSA) is 0 Å². The number of aryl methyl sites for hydroxylation is 10. The van der Waals surface area contributed by atoms with Crippen LogP contribution in [0.15, 0.2) is 255 Å². The van der Waals surface area contributed by atoms with Crippen molar-refractivity contribution in [2.24, 2.45) is 0 Å². The molecular weight excluding hydrogens is 1230 g/mol. The molecule has 504 valence electrons. The normalized spacial score (nSPS) is 12.2. The second-order valence-electron chi connectivity index (χ2n) is 29.6. The molecule has 0 aromatic heterocycles. The Morgan fingerprint density at radius 3 is 0.863 bits per heavy atom. The van der Waals surface area contributed by atoms with Gasteiger partial charge in [-0.1, -0.05) is 255 Å². The fourth-order valence-corrected chi connectivity index (χ4v) is 16.4. The van der Waals surface area contributed by atoms with Crippen LogP contribution < -0.4 is 0 Å². The Morgan fingerprint density at radius 1 is 0.167 bits per heavy atom. The number of fused-ring (bicyclic) bond motifs is 19. The number of rotatable bonds is 0. The lowest BCUT2D eigenvalue weighted by Gasteiger charge is -2.08. The average molecular weight is 1320 g/mol. The van der Waals surface area contributed by atoms with Gasteiger partial charge in [0.25, 0.3) is 0 Å². The number of hydrogen-bond donors (Lipinski definition) is 0. The van der Waals surface area contributed by atoms with E-state index in [4.69, 9.17) is 0 Å². The first kappa shape index (κ1) is 68.5. The second kappa shape index (κ2) is 29.1. The Morgan fingerprint density at radius 2 is 0.451 bits per heavy atom. The molecule has 0 nitrogen and oxygen atoms in total. The Kier molecular flexibility index (Phi) is 19.6. The maximum Gasteiger partial charge on any atom is -0.00107 e. The van der Waals surface area contributed by atoms with Gasteiger partial charge >= 0.3 is 0 Å². The maximum atomic E-state index is 2.34. The van der Waals surface area contributed by atoms with Gasteiger partial charge in [0.15, 0.2) is 0 Å². The summed E-state index contributed by atoms with van der Waals surface area (Å²) in [5.41, 5.74) is 54.9. The zero-order valence-electron chi connectivity index (χ0n) is 62.5. The smallest absolute Gasteiger partial charge is 0.00107 e. The van der Waals surface area contributed by atoms with Crippen LogP contribution in [0.2, 0.25) is 0 Å². The molecule has 0 radical (unpaired) electrons. The third-order valence-electron chi connectivity index (χ3n) is 23.4. The summed E-state index contributed by atoms with van der Waals surface area (Å²) in [6.45, 7) is 30.8. The molecule has 0 heterocycles. The minimum atomic E-state index is 1.10. The van der Waals surface area contributed by atoms with E-state index in [1.807, 2.05) is 0 Å². The van der Waals surface area contributed by atoms with E-state index in [0.29, 0.717) is 0 Å². The molecule has 0 N–H and O–H groups in total. The van der Waals surface area contributed by atoms with Gasteiger partial charge < -0.3 is 0 Å². The number of benzene rings is 14. The third kappa shape index (κ3) is 13.5. The monoisotopic (exact) mass is 1320 g/mol. The Hall–Kier alpha value is -10.7. The van der Waals surface area contributed by atoms with E-state index in [9.17, 15) is 0 Å². The first-order valence-corrected chi connectivity index (χ1v) is 36.9. The van der Waals surface area contributed by atoms with Crippen molar-refractivity contribution in [1.82, 2.24) is 0 Å². The quantitative estimate of drug-likeness (QED) is 0.142. The lowest BCUT2D eigenvalue weighted by molar-refractivity contribution is 1.19. The van der Waals surface area contributed by atoms with Gasteiger partial charge in [0.2, 0.25) is 0 Å². The molecule has 6 aliphatic rings. The van der Waals surface area contributed by atoms with Crippen LogP contribution in [0.4, 0.5) is 0 Å². The van der Waals surface area contributed by atoms with Crippen molar-refractivity contribution in [2.45, 2.75) is 135 Å². The van der Waals surface area contributed by atoms with Crippen LogP contribution in [0.3, 0.4) is 0 Å². The first-order chi connectivity index (χ1) is 49.4. The molecule has 6 aliphatic carbocycles. The molecule has 0 bridgehead atoms.